The van der Waals surface area contributed by atoms with Crippen molar-refractivity contribution < 1.29 is 38.4 Å². The van der Waals surface area contributed by atoms with Crippen LogP contribution in [0.1, 0.15) is 59.7 Å². The Balaban J connectivity index is 1.70. The molecule has 0 saturated carbocycles. The van der Waals surface area contributed by atoms with Crippen LogP contribution in [0.2, 0.25) is 0 Å². The third-order valence-corrected chi connectivity index (χ3v) is 7.87. The van der Waals surface area contributed by atoms with Crippen molar-refractivity contribution in [2.45, 2.75) is 40.2 Å². The fourth-order valence-corrected chi connectivity index (χ4v) is 5.79. The minimum Gasteiger partial charge on any atom is -0.507 e. The molecule has 1 fully saturated rings. The second-order valence-corrected chi connectivity index (χ2v) is 10.5. The number of fused-ring (bicyclic) bond motifs is 1. The highest BCUT2D eigenvalue weighted by Crippen LogP contribution is 2.46. The van der Waals surface area contributed by atoms with Gasteiger partial charge in [0.15, 0.2) is 33.9 Å². The zero-order valence-electron chi connectivity index (χ0n) is 23.2. The number of ether oxygens (including phenoxy) is 4. The van der Waals surface area contributed by atoms with Crippen molar-refractivity contribution in [3.63, 3.8) is 0 Å². The average molecular weight is 579 g/mol. The van der Waals surface area contributed by atoms with E-state index in [1.165, 1.54) is 11.8 Å². The molecule has 2 aliphatic heterocycles. The summed E-state index contributed by atoms with van der Waals surface area (Å²) in [5, 5.41) is 11.7. The summed E-state index contributed by atoms with van der Waals surface area (Å²) in [7, 11) is 0. The predicted octanol–water partition coefficient (Wildman–Crippen LogP) is 5.24. The number of aromatic nitrogens is 1. The van der Waals surface area contributed by atoms with Gasteiger partial charge in [-0.15, -0.1) is 0 Å². The molecule has 1 saturated heterocycles. The number of anilines is 1. The third-order valence-electron chi connectivity index (χ3n) is 6.62. The normalized spacial score (nSPS) is 17.6. The van der Waals surface area contributed by atoms with Gasteiger partial charge in [0.25, 0.3) is 5.78 Å². The lowest BCUT2D eigenvalue weighted by atomic mass is 9.95. The molecule has 1 unspecified atom stereocenters. The van der Waals surface area contributed by atoms with Gasteiger partial charge in [-0.3, -0.25) is 19.3 Å². The van der Waals surface area contributed by atoms with Crippen LogP contribution in [0, 0.1) is 6.92 Å². The van der Waals surface area contributed by atoms with Gasteiger partial charge in [-0.05, 0) is 56.2 Å². The van der Waals surface area contributed by atoms with Crippen LogP contribution in [-0.4, -0.2) is 54.0 Å². The number of Topliss-reactive ketones (excluding diaryl/α,β-unsaturated/α-hetero) is 2. The number of aliphatic hydroxyl groups excluding tert-OH is 1. The monoisotopic (exact) mass is 578 g/mol. The number of hydrogen-bond donors (Lipinski definition) is 1. The maximum atomic E-state index is 13.6. The van der Waals surface area contributed by atoms with Gasteiger partial charge in [-0.1, -0.05) is 24.3 Å². The zero-order valence-corrected chi connectivity index (χ0v) is 24.0. The number of nitrogens with zero attached hydrogens (tertiary/aromatic N) is 2. The third kappa shape index (κ3) is 5.24. The predicted molar refractivity (Wildman–Crippen MR) is 152 cm³/mol. The minimum absolute atomic E-state index is 0.131. The van der Waals surface area contributed by atoms with E-state index in [0.29, 0.717) is 65.6 Å². The Hall–Kier alpha value is -4.38. The van der Waals surface area contributed by atoms with Gasteiger partial charge in [0, 0.05) is 12.5 Å². The van der Waals surface area contributed by atoms with Crippen molar-refractivity contribution in [3.8, 4) is 23.0 Å². The van der Waals surface area contributed by atoms with Gasteiger partial charge in [0.1, 0.15) is 19.0 Å². The van der Waals surface area contributed by atoms with Crippen LogP contribution in [-0.2, 0) is 9.59 Å². The number of aliphatic hydroxyl groups is 1. The van der Waals surface area contributed by atoms with Gasteiger partial charge in [-0.25, -0.2) is 4.98 Å². The van der Waals surface area contributed by atoms with Crippen LogP contribution in [0.3, 0.4) is 0 Å². The maximum Gasteiger partial charge on any atom is 0.301 e. The van der Waals surface area contributed by atoms with Crippen LogP contribution in [0.4, 0.5) is 5.13 Å². The summed E-state index contributed by atoms with van der Waals surface area (Å²) in [5.41, 5.74) is 1.09. The molecule has 2 aliphatic rings. The van der Waals surface area contributed by atoms with Gasteiger partial charge >= 0.3 is 5.91 Å². The molecule has 41 heavy (non-hydrogen) atoms. The number of amides is 1. The second kappa shape index (κ2) is 11.6. The molecule has 1 atom stereocenters. The molecule has 5 rings (SSSR count). The summed E-state index contributed by atoms with van der Waals surface area (Å²) in [6.07, 6.45) is 0.797. The fourth-order valence-electron chi connectivity index (χ4n) is 4.80. The first-order valence-corrected chi connectivity index (χ1v) is 14.2. The van der Waals surface area contributed by atoms with Crippen LogP contribution in [0.15, 0.2) is 42.0 Å². The van der Waals surface area contributed by atoms with Crippen molar-refractivity contribution in [2.75, 3.05) is 31.3 Å². The number of carbonyl (C=O) groups is 3. The highest BCUT2D eigenvalue weighted by Gasteiger charge is 2.48. The summed E-state index contributed by atoms with van der Waals surface area (Å²) in [4.78, 5) is 45.5. The molecule has 0 bridgehead atoms. The number of benzene rings is 2. The summed E-state index contributed by atoms with van der Waals surface area (Å²) < 4.78 is 22.9. The van der Waals surface area contributed by atoms with Gasteiger partial charge in [-0.2, -0.15) is 0 Å². The first-order chi connectivity index (χ1) is 19.7. The van der Waals surface area contributed by atoms with E-state index < -0.39 is 17.7 Å². The van der Waals surface area contributed by atoms with E-state index >= 15 is 0 Å². The summed E-state index contributed by atoms with van der Waals surface area (Å²) in [5.74, 6) is -0.448. The van der Waals surface area contributed by atoms with Gasteiger partial charge in [0.2, 0.25) is 0 Å². The molecule has 1 N–H and O–H groups in total. The molecule has 0 radical (unpaired) electrons. The first-order valence-electron chi connectivity index (χ1n) is 13.3. The Bertz CT molecular complexity index is 1560. The average Bonchev–Trinajstić information content (AvgIpc) is 3.48. The zero-order chi connectivity index (χ0) is 29.3. The topological polar surface area (TPSA) is 124 Å². The highest BCUT2D eigenvalue weighted by atomic mass is 32.1. The number of rotatable bonds is 9. The van der Waals surface area contributed by atoms with Gasteiger partial charge in [0.05, 0.1) is 35.4 Å². The Morgan fingerprint density at radius 3 is 2.51 bits per heavy atom. The number of thiazole rings is 1. The van der Waals surface area contributed by atoms with E-state index in [1.807, 2.05) is 13.8 Å². The Kier molecular flexibility index (Phi) is 7.98. The lowest BCUT2D eigenvalue weighted by molar-refractivity contribution is -0.132. The molecule has 2 aromatic carbocycles. The summed E-state index contributed by atoms with van der Waals surface area (Å²) in [6, 6.07) is 8.89. The lowest BCUT2D eigenvalue weighted by Crippen LogP contribution is -2.29. The standard InChI is InChI=1S/C30H30N2O8S/c1-5-11-38-20-9-7-18(14-22(20)37-6-2)25-24(26(34)19-8-10-21-23(15-19)40-13-12-39-21)27(35)29(36)32(25)30-31-16(3)28(41-30)17(4)33/h7-10,14-15,25,34H,5-6,11-13H2,1-4H3/b26-24+. The van der Waals surface area contributed by atoms with Crippen molar-refractivity contribution in [2.24, 2.45) is 0 Å². The van der Waals surface area contributed by atoms with E-state index in [2.05, 4.69) is 4.98 Å². The minimum atomic E-state index is -1.06. The molecule has 1 amide bonds. The van der Waals surface area contributed by atoms with E-state index in [9.17, 15) is 19.5 Å². The Labute approximate surface area is 241 Å². The van der Waals surface area contributed by atoms with E-state index in [0.717, 1.165) is 17.8 Å². The lowest BCUT2D eigenvalue weighted by Gasteiger charge is -2.24. The Morgan fingerprint density at radius 1 is 1.07 bits per heavy atom. The van der Waals surface area contributed by atoms with Crippen LogP contribution >= 0.6 is 11.3 Å². The first kappa shape index (κ1) is 28.2. The van der Waals surface area contributed by atoms with Crippen molar-refractivity contribution in [1.82, 2.24) is 4.98 Å². The number of carbonyl (C=O) groups excluding carboxylic acids is 3. The number of aryl methyl sites for hydroxylation is 1. The van der Waals surface area contributed by atoms with Crippen LogP contribution in [0.25, 0.3) is 5.76 Å². The molecule has 10 nitrogen and oxygen atoms in total. The van der Waals surface area contributed by atoms with Crippen molar-refractivity contribution in [1.29, 1.82) is 0 Å². The Morgan fingerprint density at radius 2 is 1.83 bits per heavy atom. The quantitative estimate of drug-likeness (QED) is 0.157. The SMILES string of the molecule is CCCOc1ccc(C2/C(=C(\O)c3ccc4c(c3)OCCO4)C(=O)C(=O)N2c2nc(C)c(C(C)=O)s2)cc1OCC. The summed E-state index contributed by atoms with van der Waals surface area (Å²) >= 11 is 1.02. The maximum absolute atomic E-state index is 13.6. The van der Waals surface area contributed by atoms with E-state index in [1.54, 1.807) is 43.3 Å². The van der Waals surface area contributed by atoms with E-state index in [-0.39, 0.29) is 27.8 Å². The molecule has 11 heteroatoms. The molecule has 0 aliphatic carbocycles. The largest absolute Gasteiger partial charge is 0.507 e. The molecule has 3 aromatic rings. The molecular formula is C30H30N2O8S. The highest BCUT2D eigenvalue weighted by molar-refractivity contribution is 7.18. The smallest absolute Gasteiger partial charge is 0.301 e. The molecule has 214 valence electrons. The van der Waals surface area contributed by atoms with Crippen LogP contribution < -0.4 is 23.8 Å². The van der Waals surface area contributed by atoms with Crippen molar-refractivity contribution >= 4 is 39.7 Å². The molecule has 0 spiro atoms. The number of ketones is 2. The fraction of sp³-hybridized carbons (Fsp3) is 0.333. The number of hydrogen-bond acceptors (Lipinski definition) is 10. The molecular weight excluding hydrogens is 548 g/mol. The molecule has 1 aromatic heterocycles. The summed E-state index contributed by atoms with van der Waals surface area (Å²) in [6.45, 7) is 8.50. The van der Waals surface area contributed by atoms with E-state index in [4.69, 9.17) is 18.9 Å². The van der Waals surface area contributed by atoms with Crippen molar-refractivity contribution in [3.05, 3.63) is 63.7 Å². The second-order valence-electron chi connectivity index (χ2n) is 9.48. The van der Waals surface area contributed by atoms with Gasteiger partial charge < -0.3 is 24.1 Å². The molecule has 3 heterocycles. The van der Waals surface area contributed by atoms with Crippen LogP contribution in [0.5, 0.6) is 23.0 Å².